The van der Waals surface area contributed by atoms with Crippen LogP contribution in [-0.2, 0) is 15.3 Å². The van der Waals surface area contributed by atoms with Gasteiger partial charge < -0.3 is 10.2 Å². The first-order valence-electron chi connectivity index (χ1n) is 12.8. The highest BCUT2D eigenvalue weighted by molar-refractivity contribution is 7.90. The second-order valence-corrected chi connectivity index (χ2v) is 14.4. The largest absolute Gasteiger partial charge is 0.322 e. The van der Waals surface area contributed by atoms with Gasteiger partial charge in [0.15, 0.2) is 9.84 Å². The first-order chi connectivity index (χ1) is 19.1. The first kappa shape index (κ1) is 30.8. The number of rotatable bonds is 5. The van der Waals surface area contributed by atoms with Crippen molar-refractivity contribution < 1.29 is 22.0 Å². The molecule has 0 aromatic heterocycles. The van der Waals surface area contributed by atoms with Gasteiger partial charge >= 0.3 is 6.03 Å². The zero-order valence-electron chi connectivity index (χ0n) is 22.9. The van der Waals surface area contributed by atoms with Crippen molar-refractivity contribution >= 4 is 44.8 Å². The van der Waals surface area contributed by atoms with E-state index in [9.17, 15) is 18.5 Å². The van der Waals surface area contributed by atoms with E-state index in [1.54, 1.807) is 0 Å². The number of hydrogen-bond donors (Lipinski definition) is 1. The third-order valence-electron chi connectivity index (χ3n) is 7.27. The molecule has 0 radical (unpaired) electrons. The summed E-state index contributed by atoms with van der Waals surface area (Å²) in [6.45, 7) is 5.85. The number of urea groups is 1. The fourth-order valence-corrected chi connectivity index (χ4v) is 6.68. The van der Waals surface area contributed by atoms with Gasteiger partial charge in [-0.3, -0.25) is 0 Å². The number of halogens is 4. The maximum Gasteiger partial charge on any atom is 0.322 e. The van der Waals surface area contributed by atoms with E-state index in [2.05, 4.69) is 11.4 Å². The predicted octanol–water partition coefficient (Wildman–Crippen LogP) is 7.78. The van der Waals surface area contributed by atoms with Crippen molar-refractivity contribution in [3.8, 4) is 6.07 Å². The Morgan fingerprint density at radius 1 is 1.12 bits per heavy atom. The van der Waals surface area contributed by atoms with Gasteiger partial charge in [0.25, 0.3) is 0 Å². The summed E-state index contributed by atoms with van der Waals surface area (Å²) in [6.07, 6.45) is 1.43. The molecule has 216 valence electrons. The number of hydrogen-bond acceptors (Lipinski definition) is 4. The van der Waals surface area contributed by atoms with Crippen molar-refractivity contribution in [1.82, 2.24) is 4.90 Å². The van der Waals surface area contributed by atoms with Crippen molar-refractivity contribution in [2.24, 2.45) is 11.3 Å². The Morgan fingerprint density at radius 2 is 1.80 bits per heavy atom. The molecule has 41 heavy (non-hydrogen) atoms. The number of amides is 2. The number of anilines is 1. The smallest absolute Gasteiger partial charge is 0.315 e. The van der Waals surface area contributed by atoms with E-state index >= 15 is 8.78 Å². The first-order valence-corrected chi connectivity index (χ1v) is 15.4. The number of carbonyl (C=O) groups is 1. The monoisotopic (exact) mass is 619 g/mol. The molecular weight excluding hydrogens is 591 g/mol. The van der Waals surface area contributed by atoms with Crippen molar-refractivity contribution in [3.63, 3.8) is 0 Å². The molecule has 0 spiro atoms. The quantitative estimate of drug-likeness (QED) is 0.316. The number of nitrogens with one attached hydrogen (secondary N) is 1. The number of nitriles is 1. The van der Waals surface area contributed by atoms with Gasteiger partial charge in [0.05, 0.1) is 22.0 Å². The molecule has 1 fully saturated rings. The van der Waals surface area contributed by atoms with Gasteiger partial charge in [-0.25, -0.2) is 22.0 Å². The van der Waals surface area contributed by atoms with Crippen LogP contribution < -0.4 is 5.32 Å². The summed E-state index contributed by atoms with van der Waals surface area (Å²) >= 11 is 12.2. The minimum atomic E-state index is -3.56. The Bertz CT molecular complexity index is 1650. The second-order valence-electron chi connectivity index (χ2n) is 11.5. The maximum atomic E-state index is 15.7. The van der Waals surface area contributed by atoms with Crippen LogP contribution >= 0.6 is 23.2 Å². The number of carbonyl (C=O) groups excluding carboxylic acids is 1. The van der Waals surface area contributed by atoms with Crippen LogP contribution in [-0.4, -0.2) is 32.1 Å². The van der Waals surface area contributed by atoms with E-state index < -0.39 is 44.9 Å². The average molecular weight is 621 g/mol. The van der Waals surface area contributed by atoms with Gasteiger partial charge in [0.1, 0.15) is 17.0 Å². The second kappa shape index (κ2) is 11.2. The molecule has 1 saturated heterocycles. The summed E-state index contributed by atoms with van der Waals surface area (Å²) in [6, 6.07) is 14.2. The standard InChI is InChI=1S/C30H29Cl2F2N3O3S/c1-29(2,3)15-18-16-37(28(38)36-20-7-5-8-21(14-20)41(4,39)40)27(22-9-6-10-24(32)26(22)34)30(18,17-35)23-12-11-19(31)13-25(23)33/h5-14,18,27H,15-16H2,1-4H3,(H,36,38)/t18-,27-,30-/m1/s1. The molecule has 1 heterocycles. The normalized spacial score (nSPS) is 21.0. The van der Waals surface area contributed by atoms with E-state index in [-0.39, 0.29) is 43.7 Å². The van der Waals surface area contributed by atoms with Crippen molar-refractivity contribution in [2.45, 2.75) is 43.5 Å². The lowest BCUT2D eigenvalue weighted by atomic mass is 9.63. The van der Waals surface area contributed by atoms with Crippen LogP contribution in [0.25, 0.3) is 0 Å². The molecule has 2 amide bonds. The van der Waals surface area contributed by atoms with Crippen LogP contribution in [0.1, 0.15) is 44.4 Å². The number of likely N-dealkylation sites (tertiary alicyclic amines) is 1. The van der Waals surface area contributed by atoms with Crippen molar-refractivity contribution in [2.75, 3.05) is 18.1 Å². The van der Waals surface area contributed by atoms with Crippen LogP contribution in [0.5, 0.6) is 0 Å². The minimum absolute atomic E-state index is 0.00521. The van der Waals surface area contributed by atoms with Crippen molar-refractivity contribution in [1.29, 1.82) is 5.26 Å². The predicted molar refractivity (Wildman–Crippen MR) is 156 cm³/mol. The molecule has 1 aliphatic heterocycles. The molecule has 3 aromatic carbocycles. The maximum absolute atomic E-state index is 15.7. The summed E-state index contributed by atoms with van der Waals surface area (Å²) < 4.78 is 55.6. The molecule has 1 aliphatic rings. The van der Waals surface area contributed by atoms with Crippen LogP contribution in [0.4, 0.5) is 19.3 Å². The van der Waals surface area contributed by atoms with Gasteiger partial charge in [0.2, 0.25) is 0 Å². The highest BCUT2D eigenvalue weighted by Crippen LogP contribution is 2.56. The molecule has 3 atom stereocenters. The fraction of sp³-hybridized carbons (Fsp3) is 0.333. The Labute approximate surface area is 248 Å². The van der Waals surface area contributed by atoms with E-state index in [0.717, 1.165) is 12.3 Å². The summed E-state index contributed by atoms with van der Waals surface area (Å²) in [5, 5.41) is 13.5. The SMILES string of the molecule is CC(C)(C)C[C@@H]1CN(C(=O)Nc2cccc(S(C)(=O)=O)c2)[C@H](c2cccc(Cl)c2F)[C@@]1(C#N)c1ccc(Cl)cc1F. The lowest BCUT2D eigenvalue weighted by Crippen LogP contribution is -2.42. The molecule has 0 saturated carbocycles. The van der Waals surface area contributed by atoms with Crippen LogP contribution in [0, 0.1) is 34.3 Å². The molecule has 6 nitrogen and oxygen atoms in total. The van der Waals surface area contributed by atoms with Gasteiger partial charge in [-0.1, -0.05) is 68.2 Å². The average Bonchev–Trinajstić information content (AvgIpc) is 3.18. The Hall–Kier alpha value is -3.19. The molecule has 11 heteroatoms. The van der Waals surface area contributed by atoms with E-state index in [1.807, 2.05) is 20.8 Å². The van der Waals surface area contributed by atoms with Gasteiger partial charge in [-0.15, -0.1) is 0 Å². The molecule has 3 aromatic rings. The minimum Gasteiger partial charge on any atom is -0.315 e. The number of sulfone groups is 1. The van der Waals surface area contributed by atoms with Gasteiger partial charge in [0, 0.05) is 40.6 Å². The van der Waals surface area contributed by atoms with Crippen LogP contribution in [0.2, 0.25) is 10.0 Å². The number of benzene rings is 3. The molecular formula is C30H29Cl2F2N3O3S. The highest BCUT2D eigenvalue weighted by atomic mass is 35.5. The molecule has 1 N–H and O–H groups in total. The Morgan fingerprint density at radius 3 is 2.41 bits per heavy atom. The summed E-state index contributed by atoms with van der Waals surface area (Å²) in [7, 11) is -3.56. The van der Waals surface area contributed by atoms with Crippen LogP contribution in [0.3, 0.4) is 0 Å². The summed E-state index contributed by atoms with van der Waals surface area (Å²) in [5.74, 6) is -2.23. The van der Waals surface area contributed by atoms with Crippen molar-refractivity contribution in [3.05, 3.63) is 93.5 Å². The van der Waals surface area contributed by atoms with E-state index in [4.69, 9.17) is 23.2 Å². The summed E-state index contributed by atoms with van der Waals surface area (Å²) in [4.78, 5) is 15.2. The van der Waals surface area contributed by atoms with Gasteiger partial charge in [-0.2, -0.15) is 5.26 Å². The lowest BCUT2D eigenvalue weighted by molar-refractivity contribution is 0.198. The summed E-state index contributed by atoms with van der Waals surface area (Å²) in [5.41, 5.74) is -1.98. The fourth-order valence-electron chi connectivity index (χ4n) is 5.67. The molecule has 0 unspecified atom stereocenters. The van der Waals surface area contributed by atoms with Crippen LogP contribution in [0.15, 0.2) is 65.6 Å². The zero-order valence-corrected chi connectivity index (χ0v) is 25.2. The Balaban J connectivity index is 1.95. The van der Waals surface area contributed by atoms with E-state index in [0.29, 0.717) is 6.42 Å². The topological polar surface area (TPSA) is 90.3 Å². The molecule has 4 rings (SSSR count). The number of nitrogens with zero attached hydrogens (tertiary/aromatic N) is 2. The highest BCUT2D eigenvalue weighted by Gasteiger charge is 2.60. The van der Waals surface area contributed by atoms with Gasteiger partial charge in [-0.05, 0) is 48.2 Å². The van der Waals surface area contributed by atoms with E-state index in [1.165, 1.54) is 59.5 Å². The third-order valence-corrected chi connectivity index (χ3v) is 8.91. The molecule has 0 aliphatic carbocycles. The zero-order chi connectivity index (χ0) is 30.3. The lowest BCUT2D eigenvalue weighted by Gasteiger charge is -2.38. The molecule has 0 bridgehead atoms. The Kier molecular flexibility index (Phi) is 8.43. The third kappa shape index (κ3) is 6.06.